The lowest BCUT2D eigenvalue weighted by Gasteiger charge is -2.28. The van der Waals surface area contributed by atoms with Gasteiger partial charge in [0.15, 0.2) is 0 Å². The van der Waals surface area contributed by atoms with Crippen molar-refractivity contribution in [3.63, 3.8) is 0 Å². The summed E-state index contributed by atoms with van der Waals surface area (Å²) < 4.78 is 57.1. The molecule has 8 aromatic rings. The van der Waals surface area contributed by atoms with Crippen LogP contribution in [0.4, 0.5) is 18.9 Å². The monoisotopic (exact) mass is 1220 g/mol. The number of rotatable bonds is 22. The zero-order chi connectivity index (χ0) is 60.9. The van der Waals surface area contributed by atoms with Gasteiger partial charge in [0.1, 0.15) is 29.3 Å². The molecule has 0 spiro atoms. The molecule has 2 unspecified atom stereocenters. The Balaban J connectivity index is 0.000000206. The lowest BCUT2D eigenvalue weighted by Crippen LogP contribution is -2.46. The number of alkyl halides is 3. The van der Waals surface area contributed by atoms with Gasteiger partial charge in [0, 0.05) is 110 Å². The molecule has 8 N–H and O–H groups in total. The van der Waals surface area contributed by atoms with E-state index in [0.29, 0.717) is 84.9 Å². The predicted octanol–water partition coefficient (Wildman–Crippen LogP) is 8.86. The number of carbonyl (C=O) groups is 4. The standard InChI is InChI=1S/C31H29ClF3N5O4.C30H29ClN6O5/c32-21-8-4-19(5-9-21)14-27(29(36)41)39-30(42)25-3-1-2-24-26(12-13-43-28(24)25)38-16-22-15-37-18-40(22)17-20-6-10-23(11-7-20)44-31(33,34)35;31-21-8-4-19(5-9-21)14-27(29(32)38)35-30(39)25-3-1-2-24-26(12-13-42-28(24)25)34-16-23-15-33-18-36(23)17-20-6-10-22(11-7-20)37(40)41/h1-11,15,18,26-27,38H,12-14,16-17H2,(H2,36,41)(H,39,42);1-11,15,18,26-27,34H,12-14,16-17H2,(H2,32,38)(H,35,39)/t2*26?,27-/m00/s1. The van der Waals surface area contributed by atoms with E-state index in [0.717, 1.165) is 44.8 Å². The van der Waals surface area contributed by atoms with Crippen LogP contribution in [0.25, 0.3) is 0 Å². The molecule has 4 amide bonds. The van der Waals surface area contributed by atoms with Gasteiger partial charge in [0.05, 0.1) is 53.3 Å². The van der Waals surface area contributed by atoms with Crippen molar-refractivity contribution in [3.8, 4) is 17.2 Å². The van der Waals surface area contributed by atoms with Crippen LogP contribution in [0.3, 0.4) is 0 Å². The van der Waals surface area contributed by atoms with E-state index in [1.807, 2.05) is 21.3 Å². The highest BCUT2D eigenvalue weighted by Gasteiger charge is 2.32. The van der Waals surface area contributed by atoms with Gasteiger partial charge in [-0.25, -0.2) is 9.97 Å². The van der Waals surface area contributed by atoms with E-state index in [1.54, 1.807) is 122 Å². The van der Waals surface area contributed by atoms with E-state index < -0.39 is 47.0 Å². The number of halogens is 5. The van der Waals surface area contributed by atoms with Crippen LogP contribution in [0.5, 0.6) is 17.2 Å². The quantitative estimate of drug-likeness (QED) is 0.0274. The van der Waals surface area contributed by atoms with E-state index in [2.05, 4.69) is 36.0 Å². The largest absolute Gasteiger partial charge is 0.573 e. The minimum atomic E-state index is -4.75. The second-order valence-electron chi connectivity index (χ2n) is 20.2. The minimum Gasteiger partial charge on any atom is -0.492 e. The highest BCUT2D eigenvalue weighted by Crippen LogP contribution is 2.37. The molecular weight excluding hydrogens is 1160 g/mol. The van der Waals surface area contributed by atoms with Crippen LogP contribution in [0.1, 0.15) is 90.4 Å². The number of imidazole rings is 2. The summed E-state index contributed by atoms with van der Waals surface area (Å²) in [5, 5.41) is 24.6. The van der Waals surface area contributed by atoms with Gasteiger partial charge in [-0.05, 0) is 70.8 Å². The lowest BCUT2D eigenvalue weighted by atomic mass is 9.96. The van der Waals surface area contributed by atoms with E-state index in [-0.39, 0.29) is 36.4 Å². The second kappa shape index (κ2) is 28.1. The predicted molar refractivity (Wildman–Crippen MR) is 312 cm³/mol. The number of para-hydroxylation sites is 2. The average molecular weight is 1220 g/mol. The third-order valence-corrected chi connectivity index (χ3v) is 14.8. The summed E-state index contributed by atoms with van der Waals surface area (Å²) in [4.78, 5) is 70.0. The molecule has 0 bridgehead atoms. The summed E-state index contributed by atoms with van der Waals surface area (Å²) in [6.07, 6.45) is 3.87. The topological polar surface area (TPSA) is 275 Å². The minimum absolute atomic E-state index is 0.0456. The molecule has 10 rings (SSSR count). The first-order valence-corrected chi connectivity index (χ1v) is 27.8. The van der Waals surface area contributed by atoms with Gasteiger partial charge in [-0.2, -0.15) is 0 Å². The van der Waals surface area contributed by atoms with Crippen molar-refractivity contribution in [3.05, 3.63) is 235 Å². The smallest absolute Gasteiger partial charge is 0.492 e. The van der Waals surface area contributed by atoms with Gasteiger partial charge in [-0.3, -0.25) is 29.3 Å². The van der Waals surface area contributed by atoms with Gasteiger partial charge in [-0.1, -0.05) is 96.0 Å². The fraction of sp³-hybridized carbons (Fsp3) is 0.246. The summed E-state index contributed by atoms with van der Waals surface area (Å²) in [5.74, 6) is -1.64. The van der Waals surface area contributed by atoms with Crippen LogP contribution in [0.2, 0.25) is 10.0 Å². The van der Waals surface area contributed by atoms with Crippen LogP contribution in [-0.2, 0) is 48.6 Å². The maximum atomic E-state index is 13.3. The fourth-order valence-corrected chi connectivity index (χ4v) is 10.2. The number of nitrogens with two attached hydrogens (primary N) is 2. The number of ether oxygens (including phenoxy) is 3. The van der Waals surface area contributed by atoms with Crippen molar-refractivity contribution in [2.75, 3.05) is 13.2 Å². The number of nitro groups is 1. The molecule has 2 aliphatic rings. The van der Waals surface area contributed by atoms with Crippen molar-refractivity contribution in [2.24, 2.45) is 11.5 Å². The summed E-state index contributed by atoms with van der Waals surface area (Å²) in [5.41, 5.74) is 18.6. The third kappa shape index (κ3) is 16.3. The van der Waals surface area contributed by atoms with Gasteiger partial charge in [0.2, 0.25) is 11.8 Å². The van der Waals surface area contributed by atoms with E-state index in [9.17, 15) is 42.5 Å². The van der Waals surface area contributed by atoms with Crippen molar-refractivity contribution < 1.29 is 51.5 Å². The first kappa shape index (κ1) is 61.3. The Morgan fingerprint density at radius 2 is 1.03 bits per heavy atom. The SMILES string of the molecule is NC(=O)[C@H](Cc1ccc(Cl)cc1)NC(=O)c1cccc2c1OCCC2NCc1cncn1Cc1ccc(OC(F)(F)F)cc1.NC(=O)[C@H](Cc1ccc(Cl)cc1)NC(=O)c1cccc2c1OCCC2NCc1cncn1Cc1ccc([N+](=O)[O-])cc1. The molecule has 25 heteroatoms. The number of fused-ring (bicyclic) bond motifs is 2. The number of hydrogen-bond donors (Lipinski definition) is 6. The summed E-state index contributed by atoms with van der Waals surface area (Å²) in [6, 6.07) is 34.6. The molecule has 2 aromatic heterocycles. The Labute approximate surface area is 501 Å². The number of nitro benzene ring substituents is 1. The van der Waals surface area contributed by atoms with Gasteiger partial charge in [0.25, 0.3) is 17.5 Å². The van der Waals surface area contributed by atoms with Crippen molar-refractivity contribution >= 4 is 52.5 Å². The van der Waals surface area contributed by atoms with E-state index >= 15 is 0 Å². The third-order valence-electron chi connectivity index (χ3n) is 14.3. The van der Waals surface area contributed by atoms with Crippen molar-refractivity contribution in [1.82, 2.24) is 40.4 Å². The Bertz CT molecular complexity index is 3680. The highest BCUT2D eigenvalue weighted by molar-refractivity contribution is 6.30. The van der Waals surface area contributed by atoms with Crippen LogP contribution in [0, 0.1) is 10.1 Å². The van der Waals surface area contributed by atoms with Gasteiger partial charge in [-0.15, -0.1) is 13.2 Å². The number of nitrogens with zero attached hydrogens (tertiary/aromatic N) is 5. The van der Waals surface area contributed by atoms with Crippen LogP contribution in [-0.4, -0.2) is 79.3 Å². The van der Waals surface area contributed by atoms with Crippen LogP contribution < -0.4 is 46.9 Å². The first-order chi connectivity index (χ1) is 41.3. The maximum absolute atomic E-state index is 13.3. The number of primary amides is 2. The number of carbonyl (C=O) groups excluding carboxylic acids is 4. The Morgan fingerprint density at radius 3 is 1.43 bits per heavy atom. The molecule has 4 heterocycles. The molecule has 446 valence electrons. The fourth-order valence-electron chi connectivity index (χ4n) is 9.90. The maximum Gasteiger partial charge on any atom is 0.573 e. The Kier molecular flexibility index (Phi) is 20.0. The summed E-state index contributed by atoms with van der Waals surface area (Å²) in [6.45, 7) is 2.61. The van der Waals surface area contributed by atoms with E-state index in [4.69, 9.17) is 44.1 Å². The highest BCUT2D eigenvalue weighted by atomic mass is 35.5. The zero-order valence-electron chi connectivity index (χ0n) is 45.8. The van der Waals surface area contributed by atoms with Crippen molar-refractivity contribution in [2.45, 2.75) is 82.4 Å². The summed E-state index contributed by atoms with van der Waals surface area (Å²) >= 11 is 11.9. The Morgan fingerprint density at radius 1 is 0.628 bits per heavy atom. The lowest BCUT2D eigenvalue weighted by molar-refractivity contribution is -0.384. The molecule has 20 nitrogen and oxygen atoms in total. The zero-order valence-corrected chi connectivity index (χ0v) is 47.4. The van der Waals surface area contributed by atoms with Crippen LogP contribution in [0.15, 0.2) is 159 Å². The normalized spacial score (nSPS) is 15.0. The molecule has 0 aliphatic carbocycles. The first-order valence-electron chi connectivity index (χ1n) is 27.1. The molecule has 0 saturated heterocycles. The van der Waals surface area contributed by atoms with Crippen LogP contribution >= 0.6 is 23.2 Å². The molecule has 6 aromatic carbocycles. The second-order valence-corrected chi connectivity index (χ2v) is 21.1. The van der Waals surface area contributed by atoms with Gasteiger partial charge < -0.3 is 56.1 Å². The molecule has 0 saturated carbocycles. The number of benzene rings is 6. The molecule has 0 radical (unpaired) electrons. The number of amides is 4. The Hall–Kier alpha value is -9.29. The van der Waals surface area contributed by atoms with E-state index in [1.165, 1.54) is 24.3 Å². The summed E-state index contributed by atoms with van der Waals surface area (Å²) in [7, 11) is 0. The number of hydrogen-bond acceptors (Lipinski definition) is 13. The molecular formula is C61H58Cl2F3N11O9. The van der Waals surface area contributed by atoms with Gasteiger partial charge >= 0.3 is 6.36 Å². The number of aromatic nitrogens is 4. The molecule has 0 fully saturated rings. The number of nitrogens with one attached hydrogen (secondary N) is 4. The molecule has 86 heavy (non-hydrogen) atoms. The molecule has 2 aliphatic heterocycles. The number of non-ortho nitro benzene ring substituents is 1. The molecule has 4 atom stereocenters. The average Bonchev–Trinajstić information content (AvgIpc) is 4.19. The van der Waals surface area contributed by atoms with Crippen molar-refractivity contribution in [1.29, 1.82) is 0 Å².